The van der Waals surface area contributed by atoms with Gasteiger partial charge in [0.2, 0.25) is 0 Å². The van der Waals surface area contributed by atoms with E-state index >= 15 is 0 Å². The van der Waals surface area contributed by atoms with Crippen molar-refractivity contribution in [2.75, 3.05) is 0 Å². The molecule has 2 aromatic carbocycles. The van der Waals surface area contributed by atoms with Gasteiger partial charge in [-0.2, -0.15) is 0 Å². The van der Waals surface area contributed by atoms with Crippen molar-refractivity contribution in [2.45, 2.75) is 13.1 Å². The summed E-state index contributed by atoms with van der Waals surface area (Å²) >= 11 is 0. The molecule has 0 saturated heterocycles. The molecule has 0 spiro atoms. The molecule has 0 atom stereocenters. The van der Waals surface area contributed by atoms with E-state index in [1.165, 1.54) is 12.3 Å². The first kappa shape index (κ1) is 17.4. The van der Waals surface area contributed by atoms with Crippen LogP contribution in [0, 0.1) is 0 Å². The van der Waals surface area contributed by atoms with Gasteiger partial charge < -0.3 is 10.6 Å². The first-order valence-corrected chi connectivity index (χ1v) is 8.32. The molecular weight excluding hydrogens is 326 g/mol. The van der Waals surface area contributed by atoms with E-state index in [0.29, 0.717) is 18.7 Å². The Morgan fingerprint density at radius 3 is 1.85 bits per heavy atom. The molecule has 1 heterocycles. The molecule has 0 saturated carbocycles. The summed E-state index contributed by atoms with van der Waals surface area (Å²) in [7, 11) is 0. The lowest BCUT2D eigenvalue weighted by atomic mass is 10.2. The normalized spacial score (nSPS) is 10.2. The average Bonchev–Trinajstić information content (AvgIpc) is 2.72. The van der Waals surface area contributed by atoms with E-state index in [4.69, 9.17) is 0 Å². The molecule has 3 rings (SSSR count). The molecule has 0 radical (unpaired) electrons. The quantitative estimate of drug-likeness (QED) is 0.721. The van der Waals surface area contributed by atoms with Crippen molar-refractivity contribution < 1.29 is 9.59 Å². The molecule has 0 unspecified atom stereocenters. The van der Waals surface area contributed by atoms with E-state index in [9.17, 15) is 9.59 Å². The van der Waals surface area contributed by atoms with Gasteiger partial charge >= 0.3 is 0 Å². The summed E-state index contributed by atoms with van der Waals surface area (Å²) in [5, 5.41) is 5.65. The Balaban J connectivity index is 1.60. The van der Waals surface area contributed by atoms with Gasteiger partial charge in [-0.3, -0.25) is 14.6 Å². The van der Waals surface area contributed by atoms with Crippen LogP contribution in [-0.4, -0.2) is 16.8 Å². The van der Waals surface area contributed by atoms with Crippen LogP contribution < -0.4 is 10.6 Å². The molecule has 0 aliphatic rings. The van der Waals surface area contributed by atoms with Crippen LogP contribution in [0.25, 0.3) is 0 Å². The Hall–Kier alpha value is -3.47. The Labute approximate surface area is 152 Å². The summed E-state index contributed by atoms with van der Waals surface area (Å²) < 4.78 is 0. The van der Waals surface area contributed by atoms with Crippen LogP contribution in [0.3, 0.4) is 0 Å². The van der Waals surface area contributed by atoms with Crippen molar-refractivity contribution >= 4 is 11.8 Å². The van der Waals surface area contributed by atoms with Gasteiger partial charge in [0.25, 0.3) is 11.8 Å². The molecule has 0 aliphatic heterocycles. The second-order valence-corrected chi connectivity index (χ2v) is 5.77. The number of hydrogen-bond donors (Lipinski definition) is 2. The smallest absolute Gasteiger partial charge is 0.270 e. The van der Waals surface area contributed by atoms with E-state index in [1.54, 1.807) is 6.07 Å². The number of rotatable bonds is 6. The fourth-order valence-electron chi connectivity index (χ4n) is 2.44. The fourth-order valence-corrected chi connectivity index (χ4v) is 2.44. The number of carbonyl (C=O) groups is 2. The van der Waals surface area contributed by atoms with Gasteiger partial charge in [-0.05, 0) is 23.3 Å². The molecule has 130 valence electrons. The van der Waals surface area contributed by atoms with E-state index in [1.807, 2.05) is 60.7 Å². The number of hydrogen-bond acceptors (Lipinski definition) is 3. The number of amides is 2. The van der Waals surface area contributed by atoms with Gasteiger partial charge in [0.1, 0.15) is 5.69 Å². The van der Waals surface area contributed by atoms with Crippen molar-refractivity contribution in [2.24, 2.45) is 0 Å². The highest BCUT2D eigenvalue weighted by Gasteiger charge is 2.11. The molecule has 0 aliphatic carbocycles. The SMILES string of the molecule is O=C(NCc1ccccc1)c1ccnc(C(=O)NCc2ccccc2)c1. The molecular formula is C21H19N3O2. The molecule has 3 aromatic rings. The minimum absolute atomic E-state index is 0.216. The first-order chi connectivity index (χ1) is 12.7. The maximum atomic E-state index is 12.3. The summed E-state index contributed by atoms with van der Waals surface area (Å²) in [4.78, 5) is 28.6. The third kappa shape index (κ3) is 4.77. The van der Waals surface area contributed by atoms with Crippen molar-refractivity contribution in [3.8, 4) is 0 Å². The maximum Gasteiger partial charge on any atom is 0.270 e. The summed E-state index contributed by atoms with van der Waals surface area (Å²) in [6.07, 6.45) is 1.47. The minimum atomic E-state index is -0.313. The minimum Gasteiger partial charge on any atom is -0.348 e. The number of nitrogens with one attached hydrogen (secondary N) is 2. The van der Waals surface area contributed by atoms with Crippen molar-refractivity contribution in [3.63, 3.8) is 0 Å². The maximum absolute atomic E-state index is 12.3. The van der Waals surface area contributed by atoms with Gasteiger partial charge in [0.15, 0.2) is 0 Å². The Bertz CT molecular complexity index is 809. The molecule has 1 aromatic heterocycles. The van der Waals surface area contributed by atoms with Crippen LogP contribution >= 0.6 is 0 Å². The molecule has 5 heteroatoms. The second-order valence-electron chi connectivity index (χ2n) is 5.77. The number of carbonyl (C=O) groups excluding carboxylic acids is 2. The van der Waals surface area contributed by atoms with Crippen molar-refractivity contribution in [1.82, 2.24) is 15.6 Å². The topological polar surface area (TPSA) is 71.1 Å². The number of aromatic nitrogens is 1. The highest BCUT2D eigenvalue weighted by Crippen LogP contribution is 2.05. The summed E-state index contributed by atoms with van der Waals surface area (Å²) in [5.41, 5.74) is 2.63. The van der Waals surface area contributed by atoms with Crippen LogP contribution in [0.4, 0.5) is 0 Å². The van der Waals surface area contributed by atoms with Gasteiger partial charge in [-0.25, -0.2) is 0 Å². The van der Waals surface area contributed by atoms with Gasteiger partial charge in [0.05, 0.1) is 0 Å². The highest BCUT2D eigenvalue weighted by atomic mass is 16.2. The standard InChI is InChI=1S/C21H19N3O2/c25-20(23-14-16-7-3-1-4-8-16)18-11-12-22-19(13-18)21(26)24-15-17-9-5-2-6-10-17/h1-13H,14-15H2,(H,23,25)(H,24,26). The van der Waals surface area contributed by atoms with E-state index in [-0.39, 0.29) is 17.5 Å². The van der Waals surface area contributed by atoms with Crippen LogP contribution in [0.1, 0.15) is 32.0 Å². The average molecular weight is 345 g/mol. The second kappa shape index (κ2) is 8.58. The van der Waals surface area contributed by atoms with Crippen molar-refractivity contribution in [3.05, 3.63) is 101 Å². The van der Waals surface area contributed by atoms with Crippen molar-refractivity contribution in [1.29, 1.82) is 0 Å². The molecule has 0 fully saturated rings. The lowest BCUT2D eigenvalue weighted by Crippen LogP contribution is -2.26. The zero-order chi connectivity index (χ0) is 18.2. The van der Waals surface area contributed by atoms with Gasteiger partial charge in [0, 0.05) is 24.8 Å². The van der Waals surface area contributed by atoms with Crippen LogP contribution in [0.15, 0.2) is 79.0 Å². The molecule has 5 nitrogen and oxygen atoms in total. The predicted molar refractivity (Wildman–Crippen MR) is 99.5 cm³/mol. The third-order valence-electron chi connectivity index (χ3n) is 3.85. The fraction of sp³-hybridized carbons (Fsp3) is 0.0952. The van der Waals surface area contributed by atoms with Gasteiger partial charge in [-0.1, -0.05) is 60.7 Å². The molecule has 2 amide bonds. The Morgan fingerprint density at radius 2 is 1.27 bits per heavy atom. The lowest BCUT2D eigenvalue weighted by molar-refractivity contribution is 0.0946. The number of benzene rings is 2. The summed E-state index contributed by atoms with van der Waals surface area (Å²) in [6.45, 7) is 0.837. The van der Waals surface area contributed by atoms with E-state index < -0.39 is 0 Å². The molecule has 26 heavy (non-hydrogen) atoms. The summed E-state index contributed by atoms with van der Waals surface area (Å²) in [5.74, 6) is -0.556. The third-order valence-corrected chi connectivity index (χ3v) is 3.85. The van der Waals surface area contributed by atoms with Gasteiger partial charge in [-0.15, -0.1) is 0 Å². The largest absolute Gasteiger partial charge is 0.348 e. The monoisotopic (exact) mass is 345 g/mol. The Morgan fingerprint density at radius 1 is 0.731 bits per heavy atom. The highest BCUT2D eigenvalue weighted by molar-refractivity contribution is 5.98. The predicted octanol–water partition coefficient (Wildman–Crippen LogP) is 2.94. The summed E-state index contributed by atoms with van der Waals surface area (Å²) in [6, 6.07) is 22.3. The van der Waals surface area contributed by atoms with Crippen LogP contribution in [0.2, 0.25) is 0 Å². The number of nitrogens with zero attached hydrogens (tertiary/aromatic N) is 1. The first-order valence-electron chi connectivity index (χ1n) is 8.32. The number of pyridine rings is 1. The zero-order valence-corrected chi connectivity index (χ0v) is 14.2. The lowest BCUT2D eigenvalue weighted by Gasteiger charge is -2.08. The molecule has 2 N–H and O–H groups in total. The van der Waals surface area contributed by atoms with E-state index in [2.05, 4.69) is 15.6 Å². The van der Waals surface area contributed by atoms with Crippen LogP contribution in [0.5, 0.6) is 0 Å². The van der Waals surface area contributed by atoms with Crippen LogP contribution in [-0.2, 0) is 13.1 Å². The molecule has 0 bridgehead atoms. The van der Waals surface area contributed by atoms with E-state index in [0.717, 1.165) is 11.1 Å². The Kier molecular flexibility index (Phi) is 5.72. The zero-order valence-electron chi connectivity index (χ0n) is 14.2.